The van der Waals surface area contributed by atoms with E-state index in [9.17, 15) is 34.8 Å². The molecule has 7 N–H and O–H groups in total. The molecular formula is C11H19NO9. The lowest BCUT2D eigenvalue weighted by atomic mass is 9.94. The minimum absolute atomic E-state index is 0.730. The van der Waals surface area contributed by atoms with Crippen molar-refractivity contribution in [2.45, 2.75) is 43.8 Å². The monoisotopic (exact) mass is 309 g/mol. The highest BCUT2D eigenvalue weighted by molar-refractivity contribution is 6.32. The molecule has 0 aromatic carbocycles. The van der Waals surface area contributed by atoms with Gasteiger partial charge in [-0.25, -0.2) is 4.79 Å². The first-order chi connectivity index (χ1) is 9.61. The lowest BCUT2D eigenvalue weighted by Gasteiger charge is -2.32. The number of nitrogens with one attached hydrogen (secondary N) is 1. The van der Waals surface area contributed by atoms with Crippen molar-refractivity contribution in [3.63, 3.8) is 0 Å². The summed E-state index contributed by atoms with van der Waals surface area (Å²) in [6.45, 7) is 0.134. The maximum absolute atomic E-state index is 11.0. The van der Waals surface area contributed by atoms with Crippen LogP contribution in [0.15, 0.2) is 0 Å². The number of hydrogen-bond donors (Lipinski definition) is 7. The first-order valence-electron chi connectivity index (χ1n) is 5.98. The fourth-order valence-electron chi connectivity index (χ4n) is 1.60. The molecule has 0 aromatic heterocycles. The Labute approximate surface area is 119 Å². The quantitative estimate of drug-likeness (QED) is 0.208. The molecule has 0 unspecified atom stereocenters. The van der Waals surface area contributed by atoms with E-state index >= 15 is 0 Å². The molecule has 0 fully saturated rings. The number of aliphatic carboxylic acids is 1. The Morgan fingerprint density at radius 3 is 1.90 bits per heavy atom. The van der Waals surface area contributed by atoms with E-state index in [4.69, 9.17) is 10.2 Å². The number of carboxylic acid groups (broad SMARTS) is 1. The van der Waals surface area contributed by atoms with Gasteiger partial charge in [0.25, 0.3) is 0 Å². The first kappa shape index (κ1) is 19.4. The molecule has 1 amide bonds. The van der Waals surface area contributed by atoms with Gasteiger partial charge in [-0.05, 0) is 0 Å². The van der Waals surface area contributed by atoms with Crippen LogP contribution < -0.4 is 5.32 Å². The number of carboxylic acids is 1. The van der Waals surface area contributed by atoms with Crippen LogP contribution in [0.4, 0.5) is 0 Å². The largest absolute Gasteiger partial charge is 0.475 e. The van der Waals surface area contributed by atoms with Crippen LogP contribution >= 0.6 is 0 Å². The van der Waals surface area contributed by atoms with Crippen LogP contribution in [-0.2, 0) is 14.4 Å². The second-order valence-electron chi connectivity index (χ2n) is 4.46. The summed E-state index contributed by atoms with van der Waals surface area (Å²) in [5, 5.41) is 57.4. The minimum Gasteiger partial charge on any atom is -0.475 e. The third-order valence-corrected chi connectivity index (χ3v) is 2.72. The zero-order valence-electron chi connectivity index (χ0n) is 11.2. The summed E-state index contributed by atoms with van der Waals surface area (Å²) in [6, 6.07) is -1.61. The topological polar surface area (TPSA) is 185 Å². The van der Waals surface area contributed by atoms with E-state index in [0.717, 1.165) is 6.92 Å². The van der Waals surface area contributed by atoms with Gasteiger partial charge >= 0.3 is 5.97 Å². The van der Waals surface area contributed by atoms with Crippen molar-refractivity contribution in [2.24, 2.45) is 0 Å². The summed E-state index contributed by atoms with van der Waals surface area (Å²) in [5.74, 6) is -3.89. The molecule has 0 aliphatic carbocycles. The fourth-order valence-corrected chi connectivity index (χ4v) is 1.60. The molecule has 0 aromatic rings. The minimum atomic E-state index is -1.94. The normalized spacial score (nSPS) is 18.2. The predicted molar refractivity (Wildman–Crippen MR) is 66.0 cm³/mol. The number of aliphatic hydroxyl groups excluding tert-OH is 5. The van der Waals surface area contributed by atoms with Crippen LogP contribution in [0, 0.1) is 0 Å². The lowest BCUT2D eigenvalue weighted by molar-refractivity contribution is -0.151. The number of amides is 1. The highest BCUT2D eigenvalue weighted by atomic mass is 16.4. The van der Waals surface area contributed by atoms with Gasteiger partial charge in [0.1, 0.15) is 18.3 Å². The zero-order chi connectivity index (χ0) is 16.7. The van der Waals surface area contributed by atoms with Gasteiger partial charge in [0.05, 0.1) is 18.8 Å². The van der Waals surface area contributed by atoms with Crippen molar-refractivity contribution in [3.05, 3.63) is 0 Å². The van der Waals surface area contributed by atoms with E-state index in [2.05, 4.69) is 0 Å². The highest BCUT2D eigenvalue weighted by Crippen LogP contribution is 2.11. The molecule has 0 saturated carbocycles. The van der Waals surface area contributed by atoms with E-state index in [0.29, 0.717) is 0 Å². The van der Waals surface area contributed by atoms with Crippen LogP contribution in [0.3, 0.4) is 0 Å². The Morgan fingerprint density at radius 1 is 1.00 bits per heavy atom. The number of Topliss-reactive ketones (excluding diaryl/α,β-unsaturated/α-hetero) is 1. The average Bonchev–Trinajstić information content (AvgIpc) is 2.41. The van der Waals surface area contributed by atoms with E-state index in [-0.39, 0.29) is 0 Å². The standard InChI is InChI=1S/C11H19NO9/c1-4(14)12-8(5(15)2-6(16)11(20)21)10(19)9(18)7(17)3-13/h5,7-10,13,15,17-19H,2-3H2,1H3,(H,12,14)(H,20,21)/t5-,7+,8-,9+,10+/m1/s1. The van der Waals surface area contributed by atoms with Crippen LogP contribution in [0.2, 0.25) is 0 Å². The van der Waals surface area contributed by atoms with Crippen molar-refractivity contribution in [2.75, 3.05) is 6.61 Å². The van der Waals surface area contributed by atoms with Crippen LogP contribution in [0.5, 0.6) is 0 Å². The molecule has 0 spiro atoms. The van der Waals surface area contributed by atoms with Crippen LogP contribution in [0.1, 0.15) is 13.3 Å². The van der Waals surface area contributed by atoms with Crippen LogP contribution in [0.25, 0.3) is 0 Å². The Kier molecular flexibility index (Phi) is 7.99. The van der Waals surface area contributed by atoms with E-state index in [1.165, 1.54) is 0 Å². The van der Waals surface area contributed by atoms with Gasteiger partial charge < -0.3 is 36.0 Å². The number of aliphatic hydroxyl groups is 5. The molecule has 0 aliphatic rings. The van der Waals surface area contributed by atoms with Gasteiger partial charge in [-0.15, -0.1) is 0 Å². The summed E-state index contributed by atoms with van der Waals surface area (Å²) in [7, 11) is 0. The number of carbonyl (C=O) groups is 3. The molecule has 0 bridgehead atoms. The molecule has 21 heavy (non-hydrogen) atoms. The molecule has 122 valence electrons. The molecular weight excluding hydrogens is 290 g/mol. The molecule has 0 radical (unpaired) electrons. The Hall–Kier alpha value is -1.59. The second kappa shape index (κ2) is 8.64. The van der Waals surface area contributed by atoms with Crippen molar-refractivity contribution in [1.82, 2.24) is 5.32 Å². The Bertz CT molecular complexity index is 386. The maximum atomic E-state index is 11.0. The summed E-state index contributed by atoms with van der Waals surface area (Å²) >= 11 is 0. The lowest BCUT2D eigenvalue weighted by Crippen LogP contribution is -2.57. The number of rotatable bonds is 9. The molecule has 0 heterocycles. The fraction of sp³-hybridized carbons (Fsp3) is 0.727. The van der Waals surface area contributed by atoms with Gasteiger partial charge in [-0.1, -0.05) is 0 Å². The number of ketones is 1. The molecule has 10 nitrogen and oxygen atoms in total. The SMILES string of the molecule is CC(=O)N[C@@H]([C@H](O)[C@@H](O)[C@@H](O)CO)[C@H](O)CC(=O)C(=O)O. The predicted octanol–water partition coefficient (Wildman–Crippen LogP) is -4.03. The van der Waals surface area contributed by atoms with Crippen LogP contribution in [-0.4, -0.2) is 85.4 Å². The van der Waals surface area contributed by atoms with Gasteiger partial charge in [-0.2, -0.15) is 0 Å². The number of hydrogen-bond acceptors (Lipinski definition) is 8. The van der Waals surface area contributed by atoms with E-state index in [1.54, 1.807) is 0 Å². The summed E-state index contributed by atoms with van der Waals surface area (Å²) in [4.78, 5) is 32.4. The molecule has 5 atom stereocenters. The zero-order valence-corrected chi connectivity index (χ0v) is 11.2. The third kappa shape index (κ3) is 6.14. The molecule has 0 saturated heterocycles. The van der Waals surface area contributed by atoms with Crippen molar-refractivity contribution in [3.8, 4) is 0 Å². The summed E-state index contributed by atoms with van der Waals surface area (Å²) in [5.41, 5.74) is 0. The summed E-state index contributed by atoms with van der Waals surface area (Å²) < 4.78 is 0. The Balaban J connectivity index is 5.04. The van der Waals surface area contributed by atoms with Crippen molar-refractivity contribution < 1.29 is 45.0 Å². The van der Waals surface area contributed by atoms with Crippen molar-refractivity contribution in [1.29, 1.82) is 0 Å². The first-order valence-corrected chi connectivity index (χ1v) is 5.98. The summed E-state index contributed by atoms with van der Waals surface area (Å²) in [6.07, 6.45) is -8.35. The van der Waals surface area contributed by atoms with Gasteiger partial charge in [0, 0.05) is 13.3 Å². The Morgan fingerprint density at radius 2 is 1.52 bits per heavy atom. The molecule has 0 aliphatic heterocycles. The van der Waals surface area contributed by atoms with E-state index < -0.39 is 61.1 Å². The average molecular weight is 309 g/mol. The molecule has 0 rings (SSSR count). The molecule has 10 heteroatoms. The van der Waals surface area contributed by atoms with E-state index in [1.807, 2.05) is 5.32 Å². The third-order valence-electron chi connectivity index (χ3n) is 2.72. The smallest absolute Gasteiger partial charge is 0.372 e. The second-order valence-corrected chi connectivity index (χ2v) is 4.46. The maximum Gasteiger partial charge on any atom is 0.372 e. The van der Waals surface area contributed by atoms with Crippen molar-refractivity contribution >= 4 is 17.7 Å². The van der Waals surface area contributed by atoms with Gasteiger partial charge in [0.2, 0.25) is 11.7 Å². The van der Waals surface area contributed by atoms with Gasteiger partial charge in [-0.3, -0.25) is 9.59 Å². The number of carbonyl (C=O) groups excluding carboxylic acids is 2. The highest BCUT2D eigenvalue weighted by Gasteiger charge is 2.37. The van der Waals surface area contributed by atoms with Gasteiger partial charge in [0.15, 0.2) is 0 Å².